The quantitative estimate of drug-likeness (QED) is 0.660. The molecule has 0 radical (unpaired) electrons. The maximum Gasteiger partial charge on any atom is 0.329 e. The number of amides is 3. The number of morpholine rings is 1. The predicted molar refractivity (Wildman–Crippen MR) is 95.2 cm³/mol. The number of hydrogen-bond acceptors (Lipinski definition) is 5. The summed E-state index contributed by atoms with van der Waals surface area (Å²) < 4.78 is 24.1. The van der Waals surface area contributed by atoms with E-state index in [1.165, 1.54) is 18.2 Å². The molecule has 7 nitrogen and oxygen atoms in total. The van der Waals surface area contributed by atoms with Crippen LogP contribution < -0.4 is 10.2 Å². The van der Waals surface area contributed by atoms with Crippen molar-refractivity contribution < 1.29 is 23.1 Å². The molecule has 3 heterocycles. The minimum Gasteiger partial charge on any atom is -0.441 e. The molecule has 4 rings (SSSR count). The van der Waals surface area contributed by atoms with Crippen molar-refractivity contribution in [3.8, 4) is 0 Å². The van der Waals surface area contributed by atoms with Crippen LogP contribution in [0.5, 0.6) is 0 Å². The summed E-state index contributed by atoms with van der Waals surface area (Å²) in [6.07, 6.45) is 1.51. The number of ether oxygens (including phenoxy) is 1. The lowest BCUT2D eigenvalue weighted by Gasteiger charge is -2.26. The fourth-order valence-electron chi connectivity index (χ4n) is 3.00. The molecule has 2 aliphatic rings. The largest absolute Gasteiger partial charge is 0.441 e. The number of rotatable bonds is 4. The monoisotopic (exact) mass is 371 g/mol. The minimum atomic E-state index is -0.518. The molecule has 140 valence electrons. The van der Waals surface area contributed by atoms with Gasteiger partial charge in [-0.05, 0) is 23.8 Å². The molecule has 2 fully saturated rings. The standard InChI is InChI=1S/C19H18FN3O4/c20-14-3-1-13(2-4-14)12-23-18(24)16(21-19(23)25)11-15-5-6-17(27-15)22-7-9-26-10-8-22/h1-6,11H,7-10,12H2,(H,21,25)/b16-11+. The zero-order valence-corrected chi connectivity index (χ0v) is 14.5. The lowest BCUT2D eigenvalue weighted by atomic mass is 10.2. The van der Waals surface area contributed by atoms with E-state index in [1.807, 2.05) is 6.07 Å². The van der Waals surface area contributed by atoms with Crippen molar-refractivity contribution in [2.45, 2.75) is 6.54 Å². The lowest BCUT2D eigenvalue weighted by Crippen LogP contribution is -2.35. The van der Waals surface area contributed by atoms with Gasteiger partial charge in [0.25, 0.3) is 5.91 Å². The molecule has 2 aliphatic heterocycles. The Kier molecular flexibility index (Phi) is 4.64. The fourth-order valence-corrected chi connectivity index (χ4v) is 3.00. The third-order valence-corrected chi connectivity index (χ3v) is 4.44. The number of urea groups is 1. The normalized spacial score (nSPS) is 19.1. The van der Waals surface area contributed by atoms with Crippen molar-refractivity contribution >= 4 is 23.9 Å². The van der Waals surface area contributed by atoms with Gasteiger partial charge < -0.3 is 19.4 Å². The average molecular weight is 371 g/mol. The Morgan fingerprint density at radius 2 is 1.81 bits per heavy atom. The first-order valence-corrected chi connectivity index (χ1v) is 8.62. The minimum absolute atomic E-state index is 0.0689. The van der Waals surface area contributed by atoms with E-state index in [-0.39, 0.29) is 18.1 Å². The van der Waals surface area contributed by atoms with Crippen LogP contribution in [0.3, 0.4) is 0 Å². The van der Waals surface area contributed by atoms with Crippen molar-refractivity contribution in [3.63, 3.8) is 0 Å². The Labute approximate surface area is 155 Å². The van der Waals surface area contributed by atoms with Crippen LogP contribution in [-0.2, 0) is 16.1 Å². The highest BCUT2D eigenvalue weighted by Crippen LogP contribution is 2.23. The molecule has 8 heteroatoms. The van der Waals surface area contributed by atoms with E-state index in [9.17, 15) is 14.0 Å². The number of furan rings is 1. The van der Waals surface area contributed by atoms with E-state index in [2.05, 4.69) is 10.2 Å². The fraction of sp³-hybridized carbons (Fsp3) is 0.263. The van der Waals surface area contributed by atoms with E-state index >= 15 is 0 Å². The van der Waals surface area contributed by atoms with Crippen molar-refractivity contribution in [2.24, 2.45) is 0 Å². The third-order valence-electron chi connectivity index (χ3n) is 4.44. The molecule has 2 saturated heterocycles. The Balaban J connectivity index is 1.47. The summed E-state index contributed by atoms with van der Waals surface area (Å²) in [5.41, 5.74) is 0.804. The van der Waals surface area contributed by atoms with Crippen LogP contribution >= 0.6 is 0 Å². The first-order valence-electron chi connectivity index (χ1n) is 8.62. The van der Waals surface area contributed by atoms with Gasteiger partial charge in [0.2, 0.25) is 0 Å². The second kappa shape index (κ2) is 7.24. The molecule has 1 aromatic heterocycles. The number of halogens is 1. The first kappa shape index (κ1) is 17.3. The number of hydrogen-bond donors (Lipinski definition) is 1. The molecule has 2 aromatic rings. The van der Waals surface area contributed by atoms with Crippen molar-refractivity contribution in [1.29, 1.82) is 0 Å². The van der Waals surface area contributed by atoms with Gasteiger partial charge in [0.15, 0.2) is 5.88 Å². The van der Waals surface area contributed by atoms with Gasteiger partial charge in [0.05, 0.1) is 19.8 Å². The molecule has 27 heavy (non-hydrogen) atoms. The molecule has 0 bridgehead atoms. The Morgan fingerprint density at radius 3 is 2.56 bits per heavy atom. The highest BCUT2D eigenvalue weighted by atomic mass is 19.1. The van der Waals surface area contributed by atoms with E-state index in [0.717, 1.165) is 18.0 Å². The predicted octanol–water partition coefficient (Wildman–Crippen LogP) is 2.35. The van der Waals surface area contributed by atoms with Crippen LogP contribution in [0.2, 0.25) is 0 Å². The number of imide groups is 1. The Hall–Kier alpha value is -3.13. The maximum atomic E-state index is 13.0. The summed E-state index contributed by atoms with van der Waals surface area (Å²) in [6.45, 7) is 2.84. The van der Waals surface area contributed by atoms with Crippen molar-refractivity contribution in [3.05, 3.63) is 59.2 Å². The van der Waals surface area contributed by atoms with Gasteiger partial charge in [0, 0.05) is 25.2 Å². The van der Waals surface area contributed by atoms with E-state index < -0.39 is 11.9 Å². The van der Waals surface area contributed by atoms with E-state index in [4.69, 9.17) is 9.15 Å². The van der Waals surface area contributed by atoms with Crippen LogP contribution in [-0.4, -0.2) is 43.1 Å². The molecule has 1 N–H and O–H groups in total. The maximum absolute atomic E-state index is 13.0. The number of anilines is 1. The highest BCUT2D eigenvalue weighted by molar-refractivity contribution is 6.13. The average Bonchev–Trinajstić information content (AvgIpc) is 3.25. The van der Waals surface area contributed by atoms with Gasteiger partial charge in [0.1, 0.15) is 17.3 Å². The Morgan fingerprint density at radius 1 is 1.07 bits per heavy atom. The van der Waals surface area contributed by atoms with Gasteiger partial charge in [-0.3, -0.25) is 9.69 Å². The van der Waals surface area contributed by atoms with Crippen LogP contribution in [0, 0.1) is 5.82 Å². The third kappa shape index (κ3) is 3.70. The van der Waals surface area contributed by atoms with Gasteiger partial charge in [-0.25, -0.2) is 9.18 Å². The molecular weight excluding hydrogens is 353 g/mol. The van der Waals surface area contributed by atoms with Crippen molar-refractivity contribution in [2.75, 3.05) is 31.2 Å². The first-order chi connectivity index (χ1) is 13.1. The van der Waals surface area contributed by atoms with Gasteiger partial charge in [-0.1, -0.05) is 12.1 Å². The highest BCUT2D eigenvalue weighted by Gasteiger charge is 2.33. The number of carbonyl (C=O) groups excluding carboxylic acids is 2. The van der Waals surface area contributed by atoms with E-state index in [0.29, 0.717) is 30.4 Å². The van der Waals surface area contributed by atoms with Crippen molar-refractivity contribution in [1.82, 2.24) is 10.2 Å². The topological polar surface area (TPSA) is 75.0 Å². The number of nitrogens with zero attached hydrogens (tertiary/aromatic N) is 2. The SMILES string of the molecule is O=C1N/C(=C/c2ccc(N3CCOCC3)o2)C(=O)N1Cc1ccc(F)cc1. The second-order valence-corrected chi connectivity index (χ2v) is 6.28. The van der Waals surface area contributed by atoms with Crippen LogP contribution in [0.15, 0.2) is 46.5 Å². The smallest absolute Gasteiger partial charge is 0.329 e. The number of nitrogens with one attached hydrogen (secondary N) is 1. The molecule has 1 aromatic carbocycles. The summed E-state index contributed by atoms with van der Waals surface area (Å²) in [6, 6.07) is 8.73. The molecule has 0 atom stereocenters. The Bertz CT molecular complexity index is 885. The summed E-state index contributed by atoms with van der Waals surface area (Å²) in [4.78, 5) is 27.8. The summed E-state index contributed by atoms with van der Waals surface area (Å²) >= 11 is 0. The zero-order valence-electron chi connectivity index (χ0n) is 14.5. The van der Waals surface area contributed by atoms with Crippen LogP contribution in [0.4, 0.5) is 15.1 Å². The van der Waals surface area contributed by atoms with E-state index in [1.54, 1.807) is 18.2 Å². The van der Waals surface area contributed by atoms with Gasteiger partial charge >= 0.3 is 6.03 Å². The summed E-state index contributed by atoms with van der Waals surface area (Å²) in [5, 5.41) is 2.55. The molecule has 3 amide bonds. The van der Waals surface area contributed by atoms with Crippen LogP contribution in [0.25, 0.3) is 6.08 Å². The molecule has 0 spiro atoms. The molecule has 0 aliphatic carbocycles. The zero-order chi connectivity index (χ0) is 18.8. The molecule has 0 unspecified atom stereocenters. The number of benzene rings is 1. The second-order valence-electron chi connectivity index (χ2n) is 6.28. The van der Waals surface area contributed by atoms with Crippen LogP contribution in [0.1, 0.15) is 11.3 Å². The molecular formula is C19H18FN3O4. The lowest BCUT2D eigenvalue weighted by molar-refractivity contribution is -0.123. The summed E-state index contributed by atoms with van der Waals surface area (Å²) in [5.74, 6) is 0.355. The van der Waals surface area contributed by atoms with Gasteiger partial charge in [-0.2, -0.15) is 0 Å². The summed E-state index contributed by atoms with van der Waals surface area (Å²) in [7, 11) is 0. The van der Waals surface area contributed by atoms with Gasteiger partial charge in [-0.15, -0.1) is 0 Å². The number of carbonyl (C=O) groups is 2. The molecule has 0 saturated carbocycles.